The molecule has 0 radical (unpaired) electrons. The fourth-order valence-electron chi connectivity index (χ4n) is 2.82. The Morgan fingerprint density at radius 1 is 1.44 bits per heavy atom. The van der Waals surface area contributed by atoms with Crippen molar-refractivity contribution in [1.82, 2.24) is 10.2 Å². The highest BCUT2D eigenvalue weighted by Gasteiger charge is 2.35. The molecule has 0 aliphatic carbocycles. The van der Waals surface area contributed by atoms with Crippen molar-refractivity contribution < 1.29 is 4.79 Å². The van der Waals surface area contributed by atoms with Gasteiger partial charge in [0.2, 0.25) is 5.91 Å². The van der Waals surface area contributed by atoms with E-state index in [-0.39, 0.29) is 6.04 Å². The van der Waals surface area contributed by atoms with Gasteiger partial charge in [-0.1, -0.05) is 20.8 Å². The molecule has 3 nitrogen and oxygen atoms in total. The lowest BCUT2D eigenvalue weighted by atomic mass is 9.92. The molecule has 2 unspecified atom stereocenters. The molecule has 2 rings (SSSR count). The van der Waals surface area contributed by atoms with Crippen molar-refractivity contribution in [1.29, 1.82) is 0 Å². The molecule has 0 bridgehead atoms. The summed E-state index contributed by atoms with van der Waals surface area (Å²) in [5, 5.41) is 3.36. The third-order valence-corrected chi connectivity index (χ3v) is 3.95. The second-order valence-electron chi connectivity index (χ2n) is 6.31. The van der Waals surface area contributed by atoms with Gasteiger partial charge < -0.3 is 10.2 Å². The van der Waals surface area contributed by atoms with Crippen molar-refractivity contribution in [2.75, 3.05) is 19.6 Å². The number of rotatable bonds is 1. The molecule has 92 valence electrons. The lowest BCUT2D eigenvalue weighted by Crippen LogP contribution is -2.49. The molecule has 2 heterocycles. The summed E-state index contributed by atoms with van der Waals surface area (Å²) in [5.74, 6) is 1.02. The average Bonchev–Trinajstić information content (AvgIpc) is 2.58. The summed E-state index contributed by atoms with van der Waals surface area (Å²) in [7, 11) is 0. The zero-order valence-corrected chi connectivity index (χ0v) is 10.8. The van der Waals surface area contributed by atoms with Gasteiger partial charge >= 0.3 is 0 Å². The molecule has 0 aromatic rings. The first-order chi connectivity index (χ1) is 7.48. The molecule has 3 heteroatoms. The van der Waals surface area contributed by atoms with Gasteiger partial charge in [0.25, 0.3) is 0 Å². The number of hydrogen-bond acceptors (Lipinski definition) is 2. The summed E-state index contributed by atoms with van der Waals surface area (Å²) in [6, 6.07) is 0.0812. The molecule has 1 N–H and O–H groups in total. The number of carbonyl (C=O) groups excluding carboxylic acids is 1. The molecule has 0 spiro atoms. The Morgan fingerprint density at radius 3 is 2.75 bits per heavy atom. The van der Waals surface area contributed by atoms with Crippen LogP contribution in [0.2, 0.25) is 0 Å². The maximum absolute atomic E-state index is 12.3. The number of piperidine rings is 1. The lowest BCUT2D eigenvalue weighted by molar-refractivity contribution is -0.133. The molecule has 2 aliphatic heterocycles. The Balaban J connectivity index is 1.92. The summed E-state index contributed by atoms with van der Waals surface area (Å²) in [6.07, 6.45) is 3.35. The van der Waals surface area contributed by atoms with Crippen LogP contribution in [0.4, 0.5) is 0 Å². The predicted octanol–water partition coefficient (Wildman–Crippen LogP) is 1.63. The van der Waals surface area contributed by atoms with Crippen LogP contribution in [0.15, 0.2) is 0 Å². The number of amides is 1. The van der Waals surface area contributed by atoms with Crippen molar-refractivity contribution in [2.24, 2.45) is 11.3 Å². The third-order valence-electron chi connectivity index (χ3n) is 3.95. The summed E-state index contributed by atoms with van der Waals surface area (Å²) in [5.41, 5.74) is 0.315. The zero-order valence-electron chi connectivity index (χ0n) is 10.8. The molecule has 0 aromatic carbocycles. The summed E-state index contributed by atoms with van der Waals surface area (Å²) < 4.78 is 0. The molecule has 0 saturated carbocycles. The van der Waals surface area contributed by atoms with Gasteiger partial charge in [0, 0.05) is 13.1 Å². The van der Waals surface area contributed by atoms with E-state index in [4.69, 9.17) is 0 Å². The Labute approximate surface area is 98.6 Å². The topological polar surface area (TPSA) is 32.3 Å². The minimum absolute atomic E-state index is 0.0812. The van der Waals surface area contributed by atoms with Crippen molar-refractivity contribution in [3.63, 3.8) is 0 Å². The van der Waals surface area contributed by atoms with Crippen LogP contribution in [0.1, 0.15) is 40.0 Å². The van der Waals surface area contributed by atoms with Crippen molar-refractivity contribution >= 4 is 5.91 Å². The normalized spacial score (nSPS) is 34.1. The second kappa shape index (κ2) is 4.36. The van der Waals surface area contributed by atoms with E-state index >= 15 is 0 Å². The molecule has 16 heavy (non-hydrogen) atoms. The average molecular weight is 224 g/mol. The Hall–Kier alpha value is -0.570. The molecule has 1 amide bonds. The van der Waals surface area contributed by atoms with Crippen molar-refractivity contribution in [2.45, 2.75) is 46.1 Å². The van der Waals surface area contributed by atoms with Gasteiger partial charge in [0.05, 0.1) is 6.04 Å². The number of carbonyl (C=O) groups is 1. The highest BCUT2D eigenvalue weighted by atomic mass is 16.2. The highest BCUT2D eigenvalue weighted by Crippen LogP contribution is 2.30. The molecule has 2 atom stereocenters. The highest BCUT2D eigenvalue weighted by molar-refractivity contribution is 5.82. The van der Waals surface area contributed by atoms with Gasteiger partial charge in [-0.3, -0.25) is 4.79 Å². The molecular weight excluding hydrogens is 200 g/mol. The standard InChI is InChI=1S/C13H24N2O/c1-10-4-6-14-11(8-10)12(16)15-7-5-13(2,3)9-15/h10-11,14H,4-9H2,1-3H3. The van der Waals surface area contributed by atoms with E-state index in [1.54, 1.807) is 0 Å². The van der Waals surface area contributed by atoms with Gasteiger partial charge in [0.15, 0.2) is 0 Å². The second-order valence-corrected chi connectivity index (χ2v) is 6.31. The lowest BCUT2D eigenvalue weighted by Gasteiger charge is -2.31. The third kappa shape index (κ3) is 2.57. The van der Waals surface area contributed by atoms with Gasteiger partial charge in [-0.15, -0.1) is 0 Å². The Bertz CT molecular complexity index is 271. The first-order valence-corrected chi connectivity index (χ1v) is 6.50. The molecule has 2 aliphatic rings. The summed E-state index contributed by atoms with van der Waals surface area (Å²) >= 11 is 0. The Kier molecular flexibility index (Phi) is 3.24. The van der Waals surface area contributed by atoms with Crippen LogP contribution in [-0.2, 0) is 4.79 Å². The molecular formula is C13H24N2O. The van der Waals surface area contributed by atoms with E-state index in [1.165, 1.54) is 6.42 Å². The van der Waals surface area contributed by atoms with E-state index < -0.39 is 0 Å². The van der Waals surface area contributed by atoms with Crippen LogP contribution < -0.4 is 5.32 Å². The maximum Gasteiger partial charge on any atom is 0.239 e. The minimum Gasteiger partial charge on any atom is -0.341 e. The van der Waals surface area contributed by atoms with Crippen LogP contribution in [0.3, 0.4) is 0 Å². The number of nitrogens with one attached hydrogen (secondary N) is 1. The van der Waals surface area contributed by atoms with E-state index in [9.17, 15) is 4.79 Å². The smallest absolute Gasteiger partial charge is 0.239 e. The van der Waals surface area contributed by atoms with Gasteiger partial charge in [-0.2, -0.15) is 0 Å². The summed E-state index contributed by atoms with van der Waals surface area (Å²) in [6.45, 7) is 9.61. The first kappa shape index (κ1) is 11.9. The van der Waals surface area contributed by atoms with Gasteiger partial charge in [0.1, 0.15) is 0 Å². The fraction of sp³-hybridized carbons (Fsp3) is 0.923. The zero-order chi connectivity index (χ0) is 11.8. The molecule has 2 fully saturated rings. The van der Waals surface area contributed by atoms with Gasteiger partial charge in [-0.25, -0.2) is 0 Å². The Morgan fingerprint density at radius 2 is 2.19 bits per heavy atom. The maximum atomic E-state index is 12.3. The minimum atomic E-state index is 0.0812. The predicted molar refractivity (Wildman–Crippen MR) is 65.2 cm³/mol. The SMILES string of the molecule is CC1CCNC(C(=O)N2CCC(C)(C)C2)C1. The fourth-order valence-corrected chi connectivity index (χ4v) is 2.82. The number of likely N-dealkylation sites (tertiary alicyclic amines) is 1. The van der Waals surface area contributed by atoms with Crippen LogP contribution in [0.5, 0.6) is 0 Å². The van der Waals surface area contributed by atoms with Crippen LogP contribution in [0, 0.1) is 11.3 Å². The van der Waals surface area contributed by atoms with Crippen molar-refractivity contribution in [3.05, 3.63) is 0 Å². The van der Waals surface area contributed by atoms with Crippen LogP contribution in [0.25, 0.3) is 0 Å². The van der Waals surface area contributed by atoms with E-state index in [0.29, 0.717) is 17.2 Å². The van der Waals surface area contributed by atoms with Crippen LogP contribution in [-0.4, -0.2) is 36.5 Å². The first-order valence-electron chi connectivity index (χ1n) is 6.50. The van der Waals surface area contributed by atoms with Crippen molar-refractivity contribution in [3.8, 4) is 0 Å². The number of nitrogens with zero attached hydrogens (tertiary/aromatic N) is 1. The summed E-state index contributed by atoms with van der Waals surface area (Å²) in [4.78, 5) is 14.3. The number of hydrogen-bond donors (Lipinski definition) is 1. The largest absolute Gasteiger partial charge is 0.341 e. The molecule has 2 saturated heterocycles. The van der Waals surface area contributed by atoms with E-state index in [1.807, 2.05) is 0 Å². The van der Waals surface area contributed by atoms with E-state index in [2.05, 4.69) is 31.0 Å². The quantitative estimate of drug-likeness (QED) is 0.734. The van der Waals surface area contributed by atoms with Gasteiger partial charge in [-0.05, 0) is 37.1 Å². The molecule has 0 aromatic heterocycles. The monoisotopic (exact) mass is 224 g/mol. The van der Waals surface area contributed by atoms with E-state index in [0.717, 1.165) is 32.5 Å². The van der Waals surface area contributed by atoms with Crippen LogP contribution >= 0.6 is 0 Å².